The van der Waals surface area contributed by atoms with Crippen molar-refractivity contribution in [3.63, 3.8) is 0 Å². The maximum atomic E-state index is 11.0. The number of carbonyl (C=O) groups is 1. The third kappa shape index (κ3) is 1.29. The Morgan fingerprint density at radius 1 is 1.70 bits per heavy atom. The number of ether oxygens (including phenoxy) is 1. The van der Waals surface area contributed by atoms with Crippen LogP contribution in [0.1, 0.15) is 13.3 Å². The van der Waals surface area contributed by atoms with Gasteiger partial charge in [0.05, 0.1) is 0 Å². The Hall–Kier alpha value is -0.570. The fourth-order valence-electron chi connectivity index (χ4n) is 1.17. The van der Waals surface area contributed by atoms with Gasteiger partial charge in [-0.05, 0) is 12.3 Å². The monoisotopic (exact) mass is 143 g/mol. The van der Waals surface area contributed by atoms with Crippen LogP contribution in [0, 0.1) is 5.92 Å². The molecule has 0 radical (unpaired) electrons. The van der Waals surface area contributed by atoms with Crippen molar-refractivity contribution >= 4 is 5.91 Å². The second-order valence-electron chi connectivity index (χ2n) is 2.67. The number of amides is 1. The van der Waals surface area contributed by atoms with Crippen LogP contribution in [0.15, 0.2) is 0 Å². The van der Waals surface area contributed by atoms with E-state index in [0.717, 1.165) is 13.0 Å². The third-order valence-corrected chi connectivity index (χ3v) is 1.89. The van der Waals surface area contributed by atoms with Crippen LogP contribution in [0.2, 0.25) is 0 Å². The summed E-state index contributed by atoms with van der Waals surface area (Å²) in [6.07, 6.45) is 0.794. The first-order valence-corrected chi connectivity index (χ1v) is 3.59. The zero-order valence-corrected chi connectivity index (χ0v) is 6.39. The molecule has 1 saturated heterocycles. The molecule has 1 rings (SSSR count). The molecule has 1 heterocycles. The highest BCUT2D eigenvalue weighted by Gasteiger charge is 2.29. The largest absolute Gasteiger partial charge is 0.368 e. The summed E-state index contributed by atoms with van der Waals surface area (Å²) in [7, 11) is 1.64. The minimum absolute atomic E-state index is 0.00463. The first kappa shape index (κ1) is 7.54. The Morgan fingerprint density at radius 2 is 2.40 bits per heavy atom. The van der Waals surface area contributed by atoms with Crippen LogP contribution in [-0.2, 0) is 9.53 Å². The lowest BCUT2D eigenvalue weighted by molar-refractivity contribution is -0.130. The molecule has 0 aromatic rings. The zero-order valence-electron chi connectivity index (χ0n) is 6.39. The van der Waals surface area contributed by atoms with Gasteiger partial charge in [0.2, 0.25) is 5.91 Å². The molecule has 0 saturated carbocycles. The second kappa shape index (κ2) is 3.01. The first-order chi connectivity index (χ1) is 4.75. The summed E-state index contributed by atoms with van der Waals surface area (Å²) in [5.74, 6) is 0.380. The zero-order chi connectivity index (χ0) is 7.56. The van der Waals surface area contributed by atoms with E-state index in [1.165, 1.54) is 0 Å². The van der Waals surface area contributed by atoms with E-state index < -0.39 is 0 Å². The third-order valence-electron chi connectivity index (χ3n) is 1.89. The molecule has 58 valence electrons. The van der Waals surface area contributed by atoms with Gasteiger partial charge in [-0.2, -0.15) is 0 Å². The van der Waals surface area contributed by atoms with Gasteiger partial charge in [0, 0.05) is 13.7 Å². The summed E-state index contributed by atoms with van der Waals surface area (Å²) in [5.41, 5.74) is 0. The molecule has 0 aromatic carbocycles. The van der Waals surface area contributed by atoms with Gasteiger partial charge in [0.1, 0.15) is 6.10 Å². The van der Waals surface area contributed by atoms with Crippen LogP contribution in [0.3, 0.4) is 0 Å². The number of carbonyl (C=O) groups excluding carboxylic acids is 1. The molecule has 0 spiro atoms. The predicted octanol–water partition coefficient (Wildman–Crippen LogP) is 0.157. The van der Waals surface area contributed by atoms with E-state index in [1.807, 2.05) is 6.92 Å². The molecule has 1 aliphatic heterocycles. The molecule has 3 heteroatoms. The number of likely N-dealkylation sites (N-methyl/N-ethyl adjacent to an activating group) is 1. The molecule has 1 fully saturated rings. The van der Waals surface area contributed by atoms with Crippen molar-refractivity contribution in [2.75, 3.05) is 13.7 Å². The van der Waals surface area contributed by atoms with Gasteiger partial charge in [-0.25, -0.2) is 0 Å². The van der Waals surface area contributed by atoms with Gasteiger partial charge < -0.3 is 10.1 Å². The van der Waals surface area contributed by atoms with E-state index in [0.29, 0.717) is 5.92 Å². The standard InChI is InChI=1S/C7H13NO2/c1-5-3-4-10-6(5)7(9)8-2/h5-6H,3-4H2,1-2H3,(H,8,9)/t5-,6+/m1/s1. The number of hydrogen-bond acceptors (Lipinski definition) is 2. The molecular formula is C7H13NO2. The summed E-state index contributed by atoms with van der Waals surface area (Å²) < 4.78 is 5.21. The number of nitrogens with one attached hydrogen (secondary N) is 1. The van der Waals surface area contributed by atoms with Crippen molar-refractivity contribution in [2.45, 2.75) is 19.4 Å². The van der Waals surface area contributed by atoms with Crippen molar-refractivity contribution < 1.29 is 9.53 Å². The van der Waals surface area contributed by atoms with Crippen molar-refractivity contribution in [1.82, 2.24) is 5.32 Å². The van der Waals surface area contributed by atoms with Gasteiger partial charge >= 0.3 is 0 Å². The summed E-state index contributed by atoms with van der Waals surface area (Å²) in [4.78, 5) is 11.0. The van der Waals surface area contributed by atoms with E-state index in [4.69, 9.17) is 4.74 Å². The molecule has 0 aliphatic carbocycles. The van der Waals surface area contributed by atoms with Crippen molar-refractivity contribution in [2.24, 2.45) is 5.92 Å². The Kier molecular flexibility index (Phi) is 2.27. The average Bonchev–Trinajstić information content (AvgIpc) is 2.34. The fraction of sp³-hybridized carbons (Fsp3) is 0.857. The summed E-state index contributed by atoms with van der Waals surface area (Å²) in [5, 5.41) is 2.57. The van der Waals surface area contributed by atoms with E-state index >= 15 is 0 Å². The lowest BCUT2D eigenvalue weighted by Crippen LogP contribution is -2.34. The van der Waals surface area contributed by atoms with Gasteiger partial charge in [-0.3, -0.25) is 4.79 Å². The van der Waals surface area contributed by atoms with E-state index in [2.05, 4.69) is 5.32 Å². The Bertz CT molecular complexity index is 136. The minimum Gasteiger partial charge on any atom is -0.368 e. The van der Waals surface area contributed by atoms with Crippen molar-refractivity contribution in [3.05, 3.63) is 0 Å². The van der Waals surface area contributed by atoms with Crippen LogP contribution >= 0.6 is 0 Å². The van der Waals surface area contributed by atoms with Gasteiger partial charge in [-0.15, -0.1) is 0 Å². The predicted molar refractivity (Wildman–Crippen MR) is 37.6 cm³/mol. The van der Waals surface area contributed by atoms with Crippen molar-refractivity contribution in [1.29, 1.82) is 0 Å². The van der Waals surface area contributed by atoms with Crippen LogP contribution in [0.5, 0.6) is 0 Å². The Balaban J connectivity index is 2.46. The SMILES string of the molecule is CNC(=O)[C@H]1OCC[C@H]1C. The quantitative estimate of drug-likeness (QED) is 0.567. The van der Waals surface area contributed by atoms with Crippen LogP contribution < -0.4 is 5.32 Å². The van der Waals surface area contributed by atoms with E-state index in [-0.39, 0.29) is 12.0 Å². The molecular weight excluding hydrogens is 130 g/mol. The van der Waals surface area contributed by atoms with Crippen LogP contribution in [0.4, 0.5) is 0 Å². The lowest BCUT2D eigenvalue weighted by atomic mass is 10.0. The summed E-state index contributed by atoms with van der Waals surface area (Å²) in [6.45, 7) is 2.76. The van der Waals surface area contributed by atoms with Gasteiger partial charge in [-0.1, -0.05) is 6.92 Å². The van der Waals surface area contributed by atoms with Gasteiger partial charge in [0.15, 0.2) is 0 Å². The smallest absolute Gasteiger partial charge is 0.249 e. The molecule has 3 nitrogen and oxygen atoms in total. The Morgan fingerprint density at radius 3 is 2.80 bits per heavy atom. The average molecular weight is 143 g/mol. The number of rotatable bonds is 1. The highest BCUT2D eigenvalue weighted by atomic mass is 16.5. The molecule has 10 heavy (non-hydrogen) atoms. The first-order valence-electron chi connectivity index (χ1n) is 3.59. The molecule has 1 N–H and O–H groups in total. The topological polar surface area (TPSA) is 38.3 Å². The van der Waals surface area contributed by atoms with Crippen LogP contribution in [0.25, 0.3) is 0 Å². The molecule has 2 atom stereocenters. The van der Waals surface area contributed by atoms with Gasteiger partial charge in [0.25, 0.3) is 0 Å². The van der Waals surface area contributed by atoms with E-state index in [9.17, 15) is 4.79 Å². The maximum absolute atomic E-state index is 11.0. The normalized spacial score (nSPS) is 32.2. The minimum atomic E-state index is -0.204. The molecule has 1 amide bonds. The Labute approximate surface area is 60.7 Å². The highest BCUT2D eigenvalue weighted by Crippen LogP contribution is 2.19. The second-order valence-corrected chi connectivity index (χ2v) is 2.67. The summed E-state index contributed by atoms with van der Waals surface area (Å²) >= 11 is 0. The molecule has 0 unspecified atom stereocenters. The lowest BCUT2D eigenvalue weighted by Gasteiger charge is -2.11. The highest BCUT2D eigenvalue weighted by molar-refractivity contribution is 5.80. The maximum Gasteiger partial charge on any atom is 0.249 e. The molecule has 1 aliphatic rings. The molecule has 0 aromatic heterocycles. The van der Waals surface area contributed by atoms with E-state index in [1.54, 1.807) is 7.05 Å². The van der Waals surface area contributed by atoms with Crippen LogP contribution in [-0.4, -0.2) is 25.7 Å². The molecule has 0 bridgehead atoms. The van der Waals surface area contributed by atoms with Crippen molar-refractivity contribution in [3.8, 4) is 0 Å². The number of hydrogen-bond donors (Lipinski definition) is 1. The fourth-order valence-corrected chi connectivity index (χ4v) is 1.17. The summed E-state index contributed by atoms with van der Waals surface area (Å²) in [6, 6.07) is 0.